The number of benzene rings is 1. The molecule has 0 bridgehead atoms. The van der Waals surface area contributed by atoms with E-state index < -0.39 is 0 Å². The fourth-order valence-electron chi connectivity index (χ4n) is 2.44. The first kappa shape index (κ1) is 14.8. The van der Waals surface area contributed by atoms with E-state index in [1.165, 1.54) is 16.5 Å². The summed E-state index contributed by atoms with van der Waals surface area (Å²) in [6.45, 7) is 8.13. The number of rotatable bonds is 6. The van der Waals surface area contributed by atoms with Gasteiger partial charge < -0.3 is 10.1 Å². The van der Waals surface area contributed by atoms with E-state index in [0.29, 0.717) is 5.92 Å². The summed E-state index contributed by atoms with van der Waals surface area (Å²) in [6.07, 6.45) is 0.896. The van der Waals surface area contributed by atoms with Gasteiger partial charge in [-0.3, -0.25) is 0 Å². The highest BCUT2D eigenvalue weighted by Crippen LogP contribution is 2.28. The Kier molecular flexibility index (Phi) is 4.96. The Hall–Kier alpha value is -1.61. The number of anilines is 1. The molecule has 3 heteroatoms. The van der Waals surface area contributed by atoms with Gasteiger partial charge in [0.15, 0.2) is 0 Å². The van der Waals surface area contributed by atoms with Crippen molar-refractivity contribution in [1.29, 1.82) is 0 Å². The second-order valence-electron chi connectivity index (χ2n) is 5.34. The Morgan fingerprint density at radius 2 is 2.10 bits per heavy atom. The van der Waals surface area contributed by atoms with Crippen molar-refractivity contribution in [3.63, 3.8) is 0 Å². The number of ether oxygens (including phenoxy) is 1. The lowest BCUT2D eigenvalue weighted by molar-refractivity contribution is 0.202. The van der Waals surface area contributed by atoms with Gasteiger partial charge in [-0.2, -0.15) is 0 Å². The minimum absolute atomic E-state index is 0.462. The van der Waals surface area contributed by atoms with Gasteiger partial charge in [0.25, 0.3) is 0 Å². The van der Waals surface area contributed by atoms with E-state index in [4.69, 9.17) is 9.72 Å². The number of hydrogen-bond donors (Lipinski definition) is 1. The molecule has 1 heterocycles. The van der Waals surface area contributed by atoms with Crippen molar-refractivity contribution in [2.45, 2.75) is 33.1 Å². The Bertz CT molecular complexity index is 578. The molecule has 0 saturated carbocycles. The molecule has 0 aliphatic carbocycles. The second kappa shape index (κ2) is 6.71. The van der Waals surface area contributed by atoms with Crippen LogP contribution in [0.1, 0.15) is 37.8 Å². The molecule has 0 fully saturated rings. The SMILES string of the molecule is CCNc1nc2c(CCOC)cccc2cc1C(C)C. The maximum absolute atomic E-state index is 5.19. The third kappa shape index (κ3) is 3.10. The molecule has 0 amide bonds. The fraction of sp³-hybridized carbons (Fsp3) is 0.471. The normalized spacial score (nSPS) is 11.2. The van der Waals surface area contributed by atoms with Crippen LogP contribution in [0.25, 0.3) is 10.9 Å². The molecule has 0 radical (unpaired) electrons. The van der Waals surface area contributed by atoms with Crippen LogP contribution in [-0.4, -0.2) is 25.2 Å². The zero-order valence-corrected chi connectivity index (χ0v) is 12.9. The summed E-state index contributed by atoms with van der Waals surface area (Å²) in [7, 11) is 1.74. The molecule has 0 atom stereocenters. The average Bonchev–Trinajstić information content (AvgIpc) is 2.44. The molecule has 0 unspecified atom stereocenters. The van der Waals surface area contributed by atoms with Crippen molar-refractivity contribution in [3.05, 3.63) is 35.4 Å². The van der Waals surface area contributed by atoms with Crippen molar-refractivity contribution < 1.29 is 4.74 Å². The first-order valence-electron chi connectivity index (χ1n) is 7.32. The number of methoxy groups -OCH3 is 1. The van der Waals surface area contributed by atoms with Gasteiger partial charge in [-0.15, -0.1) is 0 Å². The standard InChI is InChI=1S/C17H24N2O/c1-5-18-17-15(12(2)3)11-14-8-6-7-13(9-10-20-4)16(14)19-17/h6-8,11-12H,5,9-10H2,1-4H3,(H,18,19). The summed E-state index contributed by atoms with van der Waals surface area (Å²) in [4.78, 5) is 4.87. The van der Waals surface area contributed by atoms with Gasteiger partial charge in [-0.05, 0) is 36.5 Å². The van der Waals surface area contributed by atoms with Crippen LogP contribution in [0.2, 0.25) is 0 Å². The molecule has 2 aromatic rings. The van der Waals surface area contributed by atoms with Crippen LogP contribution < -0.4 is 5.32 Å². The van der Waals surface area contributed by atoms with Gasteiger partial charge in [0, 0.05) is 19.0 Å². The summed E-state index contributed by atoms with van der Waals surface area (Å²) < 4.78 is 5.19. The highest BCUT2D eigenvalue weighted by Gasteiger charge is 2.11. The summed E-state index contributed by atoms with van der Waals surface area (Å²) in [5, 5.41) is 4.60. The molecule has 3 nitrogen and oxygen atoms in total. The second-order valence-corrected chi connectivity index (χ2v) is 5.34. The predicted molar refractivity (Wildman–Crippen MR) is 85.6 cm³/mol. The lowest BCUT2D eigenvalue weighted by Crippen LogP contribution is -2.06. The van der Waals surface area contributed by atoms with Gasteiger partial charge >= 0.3 is 0 Å². The molecule has 20 heavy (non-hydrogen) atoms. The summed E-state index contributed by atoms with van der Waals surface area (Å²) in [5.41, 5.74) is 3.62. The summed E-state index contributed by atoms with van der Waals surface area (Å²) in [6, 6.07) is 8.65. The highest BCUT2D eigenvalue weighted by molar-refractivity contribution is 5.85. The molecule has 108 valence electrons. The lowest BCUT2D eigenvalue weighted by Gasteiger charge is -2.15. The van der Waals surface area contributed by atoms with Crippen LogP contribution in [0, 0.1) is 0 Å². The summed E-state index contributed by atoms with van der Waals surface area (Å²) in [5.74, 6) is 1.48. The molecule has 0 saturated heterocycles. The number of aromatic nitrogens is 1. The van der Waals surface area contributed by atoms with Gasteiger partial charge in [0.05, 0.1) is 12.1 Å². The van der Waals surface area contributed by atoms with Crippen LogP contribution in [0.4, 0.5) is 5.82 Å². The van der Waals surface area contributed by atoms with Gasteiger partial charge in [0.2, 0.25) is 0 Å². The molecule has 1 N–H and O–H groups in total. The third-order valence-electron chi connectivity index (χ3n) is 3.50. The zero-order valence-electron chi connectivity index (χ0n) is 12.9. The topological polar surface area (TPSA) is 34.2 Å². The van der Waals surface area contributed by atoms with Crippen molar-refractivity contribution in [3.8, 4) is 0 Å². The maximum atomic E-state index is 5.19. The van der Waals surface area contributed by atoms with Gasteiger partial charge in [-0.25, -0.2) is 4.98 Å². The van der Waals surface area contributed by atoms with Gasteiger partial charge in [0.1, 0.15) is 5.82 Å². The Morgan fingerprint density at radius 1 is 1.30 bits per heavy atom. The molecule has 0 aliphatic rings. The molecule has 0 aliphatic heterocycles. The number of pyridine rings is 1. The number of nitrogens with zero attached hydrogens (tertiary/aromatic N) is 1. The number of hydrogen-bond acceptors (Lipinski definition) is 3. The van der Waals surface area contributed by atoms with E-state index >= 15 is 0 Å². The van der Waals surface area contributed by atoms with Crippen molar-refractivity contribution in [2.75, 3.05) is 25.6 Å². The molecule has 1 aromatic carbocycles. The predicted octanol–water partition coefficient (Wildman–Crippen LogP) is 3.98. The minimum Gasteiger partial charge on any atom is -0.384 e. The van der Waals surface area contributed by atoms with Crippen LogP contribution in [-0.2, 0) is 11.2 Å². The van der Waals surface area contributed by atoms with Crippen molar-refractivity contribution in [2.24, 2.45) is 0 Å². The Labute approximate surface area is 121 Å². The summed E-state index contributed by atoms with van der Waals surface area (Å²) >= 11 is 0. The maximum Gasteiger partial charge on any atom is 0.130 e. The molecule has 0 spiro atoms. The zero-order chi connectivity index (χ0) is 14.5. The number of nitrogens with one attached hydrogen (secondary N) is 1. The molecular formula is C17H24N2O. The first-order chi connectivity index (χ1) is 9.67. The van der Waals surface area contributed by atoms with Crippen molar-refractivity contribution in [1.82, 2.24) is 4.98 Å². The largest absolute Gasteiger partial charge is 0.384 e. The van der Waals surface area contributed by atoms with Crippen molar-refractivity contribution >= 4 is 16.7 Å². The molecule has 2 rings (SSSR count). The van der Waals surface area contributed by atoms with Crippen LogP contribution >= 0.6 is 0 Å². The quantitative estimate of drug-likeness (QED) is 0.863. The van der Waals surface area contributed by atoms with Crippen LogP contribution in [0.15, 0.2) is 24.3 Å². The van der Waals surface area contributed by atoms with Crippen LogP contribution in [0.5, 0.6) is 0 Å². The van der Waals surface area contributed by atoms with E-state index in [1.807, 2.05) is 0 Å². The average molecular weight is 272 g/mol. The first-order valence-corrected chi connectivity index (χ1v) is 7.32. The minimum atomic E-state index is 0.462. The van der Waals surface area contributed by atoms with Gasteiger partial charge in [-0.1, -0.05) is 32.0 Å². The van der Waals surface area contributed by atoms with Crippen LogP contribution in [0.3, 0.4) is 0 Å². The molecule has 1 aromatic heterocycles. The lowest BCUT2D eigenvalue weighted by atomic mass is 9.99. The monoisotopic (exact) mass is 272 g/mol. The molecular weight excluding hydrogens is 248 g/mol. The smallest absolute Gasteiger partial charge is 0.130 e. The van der Waals surface area contributed by atoms with E-state index in [-0.39, 0.29) is 0 Å². The number of fused-ring (bicyclic) bond motifs is 1. The van der Waals surface area contributed by atoms with E-state index in [2.05, 4.69) is 50.4 Å². The Balaban J connectivity index is 2.55. The fourth-order valence-corrected chi connectivity index (χ4v) is 2.44. The van der Waals surface area contributed by atoms with E-state index in [1.54, 1.807) is 7.11 Å². The van der Waals surface area contributed by atoms with E-state index in [9.17, 15) is 0 Å². The van der Waals surface area contributed by atoms with E-state index in [0.717, 1.165) is 30.9 Å². The highest BCUT2D eigenvalue weighted by atomic mass is 16.5. The number of para-hydroxylation sites is 1. The third-order valence-corrected chi connectivity index (χ3v) is 3.50. The Morgan fingerprint density at radius 3 is 2.75 bits per heavy atom.